The smallest absolute Gasteiger partial charge is 0.307 e. The van der Waals surface area contributed by atoms with Gasteiger partial charge in [-0.15, -0.1) is 0 Å². The molecule has 142 valence electrons. The van der Waals surface area contributed by atoms with Gasteiger partial charge in [0.25, 0.3) is 0 Å². The molecule has 0 aliphatic heterocycles. The first kappa shape index (κ1) is 20.6. The van der Waals surface area contributed by atoms with Crippen LogP contribution >= 0.6 is 11.6 Å². The first-order valence-electron chi connectivity index (χ1n) is 8.60. The Balaban J connectivity index is 1.98. The molecule has 0 aliphatic carbocycles. The number of ether oxygens (including phenoxy) is 1. The average molecular weight is 388 g/mol. The number of ketones is 1. The van der Waals surface area contributed by atoms with Crippen LogP contribution in [0.1, 0.15) is 46.8 Å². The molecule has 2 aromatic carbocycles. The Morgan fingerprint density at radius 1 is 1.00 bits per heavy atom. The van der Waals surface area contributed by atoms with Gasteiger partial charge in [-0.3, -0.25) is 14.4 Å². The Kier molecular flexibility index (Phi) is 7.55. The van der Waals surface area contributed by atoms with Gasteiger partial charge < -0.3 is 10.1 Å². The lowest BCUT2D eigenvalue weighted by Crippen LogP contribution is -2.30. The number of carbonyl (C=O) groups is 3. The van der Waals surface area contributed by atoms with Crippen molar-refractivity contribution in [3.8, 4) is 0 Å². The number of esters is 1. The molecule has 5 nitrogen and oxygen atoms in total. The number of Topliss-reactive ketones (excluding diaryl/α,β-unsaturated/α-hetero) is 1. The second-order valence-corrected chi connectivity index (χ2v) is 6.68. The Morgan fingerprint density at radius 3 is 2.22 bits per heavy atom. The summed E-state index contributed by atoms with van der Waals surface area (Å²) < 4.78 is 4.72. The molecule has 0 saturated carbocycles. The van der Waals surface area contributed by atoms with Crippen molar-refractivity contribution in [2.75, 3.05) is 7.11 Å². The zero-order valence-corrected chi connectivity index (χ0v) is 16.1. The van der Waals surface area contributed by atoms with Gasteiger partial charge in [0.2, 0.25) is 5.91 Å². The summed E-state index contributed by atoms with van der Waals surface area (Å²) in [6, 6.07) is 13.6. The third-order valence-corrected chi connectivity index (χ3v) is 4.41. The second-order valence-electron chi connectivity index (χ2n) is 6.24. The van der Waals surface area contributed by atoms with E-state index in [0.29, 0.717) is 10.6 Å². The number of nitrogens with one attached hydrogen (secondary N) is 1. The minimum Gasteiger partial charge on any atom is -0.469 e. The Bertz CT molecular complexity index is 800. The van der Waals surface area contributed by atoms with Gasteiger partial charge in [0.1, 0.15) is 0 Å². The van der Waals surface area contributed by atoms with Gasteiger partial charge in [-0.25, -0.2) is 0 Å². The number of carbonyl (C=O) groups excluding carboxylic acids is 3. The van der Waals surface area contributed by atoms with Crippen LogP contribution in [0.3, 0.4) is 0 Å². The van der Waals surface area contributed by atoms with Gasteiger partial charge in [-0.05, 0) is 36.8 Å². The monoisotopic (exact) mass is 387 g/mol. The summed E-state index contributed by atoms with van der Waals surface area (Å²) in [5, 5.41) is 3.37. The van der Waals surface area contributed by atoms with Crippen molar-refractivity contribution < 1.29 is 19.1 Å². The maximum absolute atomic E-state index is 12.3. The molecule has 0 saturated heterocycles. The third-order valence-electron chi connectivity index (χ3n) is 4.16. The molecular weight excluding hydrogens is 366 g/mol. The van der Waals surface area contributed by atoms with Gasteiger partial charge in [0.05, 0.1) is 19.6 Å². The average Bonchev–Trinajstić information content (AvgIpc) is 2.66. The van der Waals surface area contributed by atoms with Gasteiger partial charge >= 0.3 is 5.97 Å². The van der Waals surface area contributed by atoms with E-state index in [1.807, 2.05) is 31.2 Å². The topological polar surface area (TPSA) is 72.5 Å². The predicted molar refractivity (Wildman–Crippen MR) is 104 cm³/mol. The number of benzene rings is 2. The second kappa shape index (κ2) is 9.88. The number of amides is 1. The van der Waals surface area contributed by atoms with Crippen molar-refractivity contribution in [2.45, 2.75) is 32.2 Å². The van der Waals surface area contributed by atoms with Gasteiger partial charge in [-0.1, -0.05) is 41.4 Å². The molecule has 0 fully saturated rings. The predicted octanol–water partition coefficient (Wildman–Crippen LogP) is 4.03. The number of halogens is 1. The molecule has 2 aromatic rings. The third kappa shape index (κ3) is 6.53. The summed E-state index contributed by atoms with van der Waals surface area (Å²) in [4.78, 5) is 36.2. The first-order valence-corrected chi connectivity index (χ1v) is 8.98. The van der Waals surface area contributed by atoms with Crippen molar-refractivity contribution >= 4 is 29.3 Å². The van der Waals surface area contributed by atoms with Crippen molar-refractivity contribution in [1.29, 1.82) is 0 Å². The van der Waals surface area contributed by atoms with E-state index >= 15 is 0 Å². The van der Waals surface area contributed by atoms with Crippen LogP contribution in [-0.2, 0) is 14.3 Å². The maximum atomic E-state index is 12.3. The summed E-state index contributed by atoms with van der Waals surface area (Å²) >= 11 is 5.81. The van der Waals surface area contributed by atoms with Gasteiger partial charge in [0, 0.05) is 23.4 Å². The van der Waals surface area contributed by atoms with Crippen molar-refractivity contribution in [2.24, 2.45) is 0 Å². The fourth-order valence-electron chi connectivity index (χ4n) is 2.57. The molecule has 0 bridgehead atoms. The quantitative estimate of drug-likeness (QED) is 0.548. The molecule has 1 atom stereocenters. The van der Waals surface area contributed by atoms with E-state index in [4.69, 9.17) is 16.3 Å². The highest BCUT2D eigenvalue weighted by Gasteiger charge is 2.19. The zero-order valence-electron chi connectivity index (χ0n) is 15.3. The van der Waals surface area contributed by atoms with E-state index in [1.165, 1.54) is 7.11 Å². The fraction of sp³-hybridized carbons (Fsp3) is 0.286. The molecule has 1 N–H and O–H groups in total. The van der Waals surface area contributed by atoms with E-state index < -0.39 is 12.0 Å². The maximum Gasteiger partial charge on any atom is 0.307 e. The summed E-state index contributed by atoms with van der Waals surface area (Å²) in [6.45, 7) is 1.96. The SMILES string of the molecule is COC(=O)CC(NC(=O)CCC(=O)c1ccc(Cl)cc1)c1ccc(C)cc1. The molecule has 0 radical (unpaired) electrons. The van der Waals surface area contributed by atoms with Crippen LogP contribution in [0.2, 0.25) is 5.02 Å². The van der Waals surface area contributed by atoms with Crippen molar-refractivity contribution in [3.05, 3.63) is 70.2 Å². The largest absolute Gasteiger partial charge is 0.469 e. The van der Waals surface area contributed by atoms with E-state index in [-0.39, 0.29) is 31.0 Å². The molecule has 0 heterocycles. The Hall–Kier alpha value is -2.66. The van der Waals surface area contributed by atoms with Crippen LogP contribution in [-0.4, -0.2) is 24.8 Å². The number of methoxy groups -OCH3 is 1. The molecule has 2 rings (SSSR count). The minimum absolute atomic E-state index is 0.0242. The van der Waals surface area contributed by atoms with Crippen LogP contribution in [0, 0.1) is 6.92 Å². The molecule has 0 aliphatic rings. The molecule has 0 spiro atoms. The zero-order chi connectivity index (χ0) is 19.8. The number of hydrogen-bond acceptors (Lipinski definition) is 4. The molecular formula is C21H22ClNO4. The van der Waals surface area contributed by atoms with E-state index in [1.54, 1.807) is 24.3 Å². The lowest BCUT2D eigenvalue weighted by atomic mass is 10.0. The normalized spacial score (nSPS) is 11.5. The van der Waals surface area contributed by atoms with E-state index in [2.05, 4.69) is 5.32 Å². The van der Waals surface area contributed by atoms with Gasteiger partial charge in [-0.2, -0.15) is 0 Å². The van der Waals surface area contributed by atoms with Crippen LogP contribution in [0.25, 0.3) is 0 Å². The molecule has 6 heteroatoms. The van der Waals surface area contributed by atoms with Crippen molar-refractivity contribution in [1.82, 2.24) is 5.32 Å². The summed E-state index contributed by atoms with van der Waals surface area (Å²) in [5.74, 6) is -0.855. The van der Waals surface area contributed by atoms with Crippen LogP contribution in [0.5, 0.6) is 0 Å². The lowest BCUT2D eigenvalue weighted by Gasteiger charge is -2.18. The standard InChI is InChI=1S/C21H22ClNO4/c1-14-3-5-15(6-4-14)18(13-21(26)27-2)23-20(25)12-11-19(24)16-7-9-17(22)10-8-16/h3-10,18H,11-13H2,1-2H3,(H,23,25). The lowest BCUT2D eigenvalue weighted by molar-refractivity contribution is -0.141. The van der Waals surface area contributed by atoms with Crippen LogP contribution in [0.4, 0.5) is 0 Å². The number of hydrogen-bond donors (Lipinski definition) is 1. The molecule has 1 unspecified atom stereocenters. The number of rotatable bonds is 8. The van der Waals surface area contributed by atoms with Gasteiger partial charge in [0.15, 0.2) is 5.78 Å². The molecule has 27 heavy (non-hydrogen) atoms. The highest BCUT2D eigenvalue weighted by atomic mass is 35.5. The van der Waals surface area contributed by atoms with Crippen molar-refractivity contribution in [3.63, 3.8) is 0 Å². The minimum atomic E-state index is -0.504. The fourth-order valence-corrected chi connectivity index (χ4v) is 2.70. The number of aryl methyl sites for hydroxylation is 1. The highest BCUT2D eigenvalue weighted by Crippen LogP contribution is 2.19. The van der Waals surface area contributed by atoms with Crippen LogP contribution < -0.4 is 5.32 Å². The van der Waals surface area contributed by atoms with Crippen LogP contribution in [0.15, 0.2) is 48.5 Å². The Labute approximate surface area is 163 Å². The molecule has 0 aromatic heterocycles. The summed E-state index contributed by atoms with van der Waals surface area (Å²) in [6.07, 6.45) is 0.133. The first-order chi connectivity index (χ1) is 12.9. The molecule has 1 amide bonds. The van der Waals surface area contributed by atoms with E-state index in [0.717, 1.165) is 11.1 Å². The summed E-state index contributed by atoms with van der Waals surface area (Å²) in [5.41, 5.74) is 2.40. The summed E-state index contributed by atoms with van der Waals surface area (Å²) in [7, 11) is 1.31. The highest BCUT2D eigenvalue weighted by molar-refractivity contribution is 6.30. The Morgan fingerprint density at radius 2 is 1.63 bits per heavy atom. The van der Waals surface area contributed by atoms with E-state index in [9.17, 15) is 14.4 Å².